The molecule has 0 radical (unpaired) electrons. The van der Waals surface area contributed by atoms with E-state index in [0.29, 0.717) is 24.9 Å². The molecule has 0 spiro atoms. The first-order valence-electron chi connectivity index (χ1n) is 8.16. The first kappa shape index (κ1) is 17.1. The lowest BCUT2D eigenvalue weighted by Gasteiger charge is -2.32. The van der Waals surface area contributed by atoms with Crippen LogP contribution in [0.4, 0.5) is 0 Å². The maximum Gasteiger partial charge on any atom is 0.323 e. The van der Waals surface area contributed by atoms with Gasteiger partial charge in [0, 0.05) is 10.0 Å². The van der Waals surface area contributed by atoms with E-state index in [1.165, 1.54) is 0 Å². The molecule has 3 rings (SSSR count). The molecular weight excluding hydrogens is 374 g/mol. The van der Waals surface area contributed by atoms with Crippen LogP contribution in [-0.2, 0) is 16.1 Å². The van der Waals surface area contributed by atoms with Crippen LogP contribution in [0.3, 0.4) is 0 Å². The van der Waals surface area contributed by atoms with Crippen LogP contribution >= 0.6 is 15.9 Å². The molecule has 2 heterocycles. The Hall–Kier alpha value is -1.73. The third-order valence-corrected chi connectivity index (χ3v) is 4.55. The molecule has 1 aliphatic heterocycles. The number of esters is 1. The second-order valence-electron chi connectivity index (χ2n) is 5.76. The average Bonchev–Trinajstić information content (AvgIpc) is 3.04. The van der Waals surface area contributed by atoms with Gasteiger partial charge in [-0.15, -0.1) is 0 Å². The molecule has 0 saturated carbocycles. The number of benzene rings is 1. The number of likely N-dealkylation sites (tertiary alicyclic amines) is 1. The van der Waals surface area contributed by atoms with Crippen molar-refractivity contribution in [1.82, 2.24) is 15.0 Å². The van der Waals surface area contributed by atoms with E-state index in [-0.39, 0.29) is 12.0 Å². The predicted octanol–water partition coefficient (Wildman–Crippen LogP) is 3.42. The number of halogens is 1. The maximum atomic E-state index is 12.1. The van der Waals surface area contributed by atoms with Gasteiger partial charge < -0.3 is 9.26 Å². The van der Waals surface area contributed by atoms with Gasteiger partial charge in [-0.05, 0) is 38.4 Å². The molecular formula is C17H20BrN3O3. The van der Waals surface area contributed by atoms with E-state index < -0.39 is 0 Å². The molecule has 0 aliphatic carbocycles. The number of hydrogen-bond acceptors (Lipinski definition) is 6. The van der Waals surface area contributed by atoms with Crippen molar-refractivity contribution in [2.45, 2.75) is 38.8 Å². The van der Waals surface area contributed by atoms with Crippen LogP contribution in [0.15, 0.2) is 33.3 Å². The number of carbonyl (C=O) groups is 1. The van der Waals surface area contributed by atoms with Gasteiger partial charge in [-0.2, -0.15) is 4.98 Å². The lowest BCUT2D eigenvalue weighted by atomic mass is 10.0. The van der Waals surface area contributed by atoms with Crippen molar-refractivity contribution in [3.05, 3.63) is 34.6 Å². The first-order valence-corrected chi connectivity index (χ1v) is 8.96. The van der Waals surface area contributed by atoms with Gasteiger partial charge in [-0.1, -0.05) is 39.6 Å². The SMILES string of the molecule is CCOC(=O)C1CCCCN1Cc1nc(-c2cccc(Br)c2)no1. The lowest BCUT2D eigenvalue weighted by molar-refractivity contribution is -0.151. The Morgan fingerprint density at radius 2 is 2.33 bits per heavy atom. The summed E-state index contributed by atoms with van der Waals surface area (Å²) < 4.78 is 11.5. The summed E-state index contributed by atoms with van der Waals surface area (Å²) in [6.45, 7) is 3.52. The van der Waals surface area contributed by atoms with Crippen molar-refractivity contribution in [3.8, 4) is 11.4 Å². The molecule has 1 saturated heterocycles. The fourth-order valence-corrected chi connectivity index (χ4v) is 3.32. The van der Waals surface area contributed by atoms with Crippen molar-refractivity contribution in [2.24, 2.45) is 0 Å². The number of hydrogen-bond donors (Lipinski definition) is 0. The third-order valence-electron chi connectivity index (χ3n) is 4.06. The van der Waals surface area contributed by atoms with Gasteiger partial charge in [0.1, 0.15) is 6.04 Å². The highest BCUT2D eigenvalue weighted by Gasteiger charge is 2.31. The number of aromatic nitrogens is 2. The average molecular weight is 394 g/mol. The van der Waals surface area contributed by atoms with Gasteiger partial charge in [-0.25, -0.2) is 0 Å². The second-order valence-corrected chi connectivity index (χ2v) is 6.67. The highest BCUT2D eigenvalue weighted by molar-refractivity contribution is 9.10. The number of carbonyl (C=O) groups excluding carboxylic acids is 1. The summed E-state index contributed by atoms with van der Waals surface area (Å²) in [4.78, 5) is 18.7. The first-order chi connectivity index (χ1) is 11.7. The van der Waals surface area contributed by atoms with Crippen LogP contribution in [0.2, 0.25) is 0 Å². The van der Waals surface area contributed by atoms with Crippen molar-refractivity contribution in [1.29, 1.82) is 0 Å². The van der Waals surface area contributed by atoms with Crippen molar-refractivity contribution >= 4 is 21.9 Å². The molecule has 1 aromatic heterocycles. The summed E-state index contributed by atoms with van der Waals surface area (Å²) in [6, 6.07) is 7.53. The van der Waals surface area contributed by atoms with Crippen LogP contribution in [0.25, 0.3) is 11.4 Å². The molecule has 1 aromatic carbocycles. The monoisotopic (exact) mass is 393 g/mol. The molecule has 128 valence electrons. The summed E-state index contributed by atoms with van der Waals surface area (Å²) in [5, 5.41) is 4.05. The normalized spacial score (nSPS) is 18.5. The topological polar surface area (TPSA) is 68.5 Å². The van der Waals surface area contributed by atoms with E-state index in [2.05, 4.69) is 31.0 Å². The number of piperidine rings is 1. The minimum absolute atomic E-state index is 0.163. The zero-order valence-electron chi connectivity index (χ0n) is 13.6. The summed E-state index contributed by atoms with van der Waals surface area (Å²) in [5.41, 5.74) is 0.889. The molecule has 1 aliphatic rings. The lowest BCUT2D eigenvalue weighted by Crippen LogP contribution is -2.45. The van der Waals surface area contributed by atoms with Crippen molar-refractivity contribution < 1.29 is 14.1 Å². The van der Waals surface area contributed by atoms with E-state index >= 15 is 0 Å². The Balaban J connectivity index is 1.72. The standard InChI is InChI=1S/C17H20BrN3O3/c1-2-23-17(22)14-8-3-4-9-21(14)11-15-19-16(20-24-15)12-6-5-7-13(18)10-12/h5-7,10,14H,2-4,8-9,11H2,1H3. The Morgan fingerprint density at radius 1 is 1.46 bits per heavy atom. The Morgan fingerprint density at radius 3 is 3.12 bits per heavy atom. The van der Waals surface area contributed by atoms with Gasteiger partial charge >= 0.3 is 5.97 Å². The number of ether oxygens (including phenoxy) is 1. The minimum atomic E-state index is -0.222. The zero-order chi connectivity index (χ0) is 16.9. The zero-order valence-corrected chi connectivity index (χ0v) is 15.2. The quantitative estimate of drug-likeness (QED) is 0.724. The maximum absolute atomic E-state index is 12.1. The molecule has 0 amide bonds. The van der Waals surface area contributed by atoms with Crippen molar-refractivity contribution in [2.75, 3.05) is 13.2 Å². The second kappa shape index (κ2) is 7.90. The van der Waals surface area contributed by atoms with E-state index in [1.807, 2.05) is 31.2 Å². The largest absolute Gasteiger partial charge is 0.465 e. The Labute approximate surface area is 149 Å². The minimum Gasteiger partial charge on any atom is -0.465 e. The molecule has 0 bridgehead atoms. The highest BCUT2D eigenvalue weighted by Crippen LogP contribution is 2.23. The van der Waals surface area contributed by atoms with Gasteiger partial charge in [0.05, 0.1) is 13.2 Å². The molecule has 1 fully saturated rings. The van der Waals surface area contributed by atoms with E-state index in [1.54, 1.807) is 0 Å². The third kappa shape index (κ3) is 4.02. The summed E-state index contributed by atoms with van der Waals surface area (Å²) in [7, 11) is 0. The number of nitrogens with zero attached hydrogens (tertiary/aromatic N) is 3. The van der Waals surface area contributed by atoms with Crippen LogP contribution < -0.4 is 0 Å². The fraction of sp³-hybridized carbons (Fsp3) is 0.471. The van der Waals surface area contributed by atoms with Crippen LogP contribution in [0.1, 0.15) is 32.1 Å². The van der Waals surface area contributed by atoms with Crippen molar-refractivity contribution in [3.63, 3.8) is 0 Å². The fourth-order valence-electron chi connectivity index (χ4n) is 2.92. The smallest absolute Gasteiger partial charge is 0.323 e. The summed E-state index contributed by atoms with van der Waals surface area (Å²) in [5.74, 6) is 0.904. The number of rotatable bonds is 5. The molecule has 7 heteroatoms. The van der Waals surface area contributed by atoms with E-state index in [4.69, 9.17) is 9.26 Å². The molecule has 0 N–H and O–H groups in total. The van der Waals surface area contributed by atoms with Crippen LogP contribution in [0.5, 0.6) is 0 Å². The molecule has 1 unspecified atom stereocenters. The summed E-state index contributed by atoms with van der Waals surface area (Å²) >= 11 is 3.44. The van der Waals surface area contributed by atoms with Gasteiger partial charge in [0.25, 0.3) is 0 Å². The van der Waals surface area contributed by atoms with E-state index in [0.717, 1.165) is 35.8 Å². The highest BCUT2D eigenvalue weighted by atomic mass is 79.9. The molecule has 2 aromatic rings. The molecule has 24 heavy (non-hydrogen) atoms. The molecule has 6 nitrogen and oxygen atoms in total. The van der Waals surface area contributed by atoms with E-state index in [9.17, 15) is 4.79 Å². The molecule has 1 atom stereocenters. The Kier molecular flexibility index (Phi) is 5.63. The van der Waals surface area contributed by atoms with Crippen LogP contribution in [-0.4, -0.2) is 40.2 Å². The van der Waals surface area contributed by atoms with Gasteiger partial charge in [0.15, 0.2) is 0 Å². The predicted molar refractivity (Wildman–Crippen MR) is 92.1 cm³/mol. The van der Waals surface area contributed by atoms with Gasteiger partial charge in [-0.3, -0.25) is 9.69 Å². The summed E-state index contributed by atoms with van der Waals surface area (Å²) in [6.07, 6.45) is 2.90. The Bertz CT molecular complexity index is 704. The van der Waals surface area contributed by atoms with Crippen LogP contribution in [0, 0.1) is 0 Å². The van der Waals surface area contributed by atoms with Gasteiger partial charge in [0.2, 0.25) is 11.7 Å².